The molecule has 1 saturated heterocycles. The van der Waals surface area contributed by atoms with Gasteiger partial charge in [-0.1, -0.05) is 18.2 Å². The smallest absolute Gasteiger partial charge is 0.0831 e. The molecule has 1 fully saturated rings. The first-order chi connectivity index (χ1) is 6.40. The third kappa shape index (κ3) is 2.01. The van der Waals surface area contributed by atoms with Crippen LogP contribution in [-0.2, 0) is 4.74 Å². The van der Waals surface area contributed by atoms with Crippen LogP contribution in [0.1, 0.15) is 12.8 Å². The molecule has 2 atom stereocenters. The first-order valence-electron chi connectivity index (χ1n) is 5.05. The highest BCUT2D eigenvalue weighted by molar-refractivity contribution is 5.04. The van der Waals surface area contributed by atoms with Crippen molar-refractivity contribution in [3.8, 4) is 0 Å². The Hall–Kier alpha value is -0.600. The number of hydrogen-bond donors (Lipinski definition) is 1. The van der Waals surface area contributed by atoms with E-state index in [1.165, 1.54) is 12.8 Å². The molecule has 2 aliphatic rings. The van der Waals surface area contributed by atoms with E-state index < -0.39 is 0 Å². The molecule has 1 N–H and O–H groups in total. The van der Waals surface area contributed by atoms with Crippen LogP contribution in [0.4, 0.5) is 0 Å². The Morgan fingerprint density at radius 3 is 2.92 bits per heavy atom. The van der Waals surface area contributed by atoms with Gasteiger partial charge in [-0.2, -0.15) is 0 Å². The molecule has 2 rings (SSSR count). The second-order valence-corrected chi connectivity index (χ2v) is 3.79. The van der Waals surface area contributed by atoms with Crippen molar-refractivity contribution in [1.82, 2.24) is 5.32 Å². The number of allylic oxidation sites excluding steroid dienone is 1. The van der Waals surface area contributed by atoms with Crippen LogP contribution in [0, 0.1) is 5.92 Å². The standard InChI is InChI=1S/C11H17NO/c1-2-9-5-3-4-6-11(9)13-10-7-12-8-10/h2,4,6,9-12H,1,3,5,7-8H2. The van der Waals surface area contributed by atoms with Crippen LogP contribution in [-0.4, -0.2) is 25.3 Å². The van der Waals surface area contributed by atoms with E-state index in [2.05, 4.69) is 24.0 Å². The second-order valence-electron chi connectivity index (χ2n) is 3.79. The highest BCUT2D eigenvalue weighted by Crippen LogP contribution is 2.23. The molecule has 0 spiro atoms. The zero-order chi connectivity index (χ0) is 9.10. The molecule has 1 aliphatic heterocycles. The predicted molar refractivity (Wildman–Crippen MR) is 53.6 cm³/mol. The Bertz CT molecular complexity index is 208. The highest BCUT2D eigenvalue weighted by atomic mass is 16.5. The van der Waals surface area contributed by atoms with Crippen LogP contribution < -0.4 is 5.32 Å². The Morgan fingerprint density at radius 1 is 1.46 bits per heavy atom. The van der Waals surface area contributed by atoms with Crippen LogP contribution in [0.5, 0.6) is 0 Å². The maximum Gasteiger partial charge on any atom is 0.0831 e. The number of rotatable bonds is 3. The zero-order valence-corrected chi connectivity index (χ0v) is 7.91. The van der Waals surface area contributed by atoms with Crippen LogP contribution >= 0.6 is 0 Å². The average molecular weight is 179 g/mol. The lowest BCUT2D eigenvalue weighted by Crippen LogP contribution is -2.50. The Kier molecular flexibility index (Phi) is 2.81. The summed E-state index contributed by atoms with van der Waals surface area (Å²) in [5.41, 5.74) is 0. The summed E-state index contributed by atoms with van der Waals surface area (Å²) in [6, 6.07) is 0. The molecule has 1 heterocycles. The van der Waals surface area contributed by atoms with Gasteiger partial charge in [-0.25, -0.2) is 0 Å². The van der Waals surface area contributed by atoms with Crippen molar-refractivity contribution in [2.45, 2.75) is 25.0 Å². The molecular formula is C11H17NO. The van der Waals surface area contributed by atoms with Crippen LogP contribution in [0.3, 0.4) is 0 Å². The molecule has 0 radical (unpaired) electrons. The van der Waals surface area contributed by atoms with Gasteiger partial charge in [0.05, 0.1) is 12.2 Å². The van der Waals surface area contributed by atoms with E-state index in [0.717, 1.165) is 13.1 Å². The summed E-state index contributed by atoms with van der Waals surface area (Å²) < 4.78 is 5.91. The highest BCUT2D eigenvalue weighted by Gasteiger charge is 2.25. The third-order valence-corrected chi connectivity index (χ3v) is 2.81. The van der Waals surface area contributed by atoms with E-state index in [1.54, 1.807) is 0 Å². The normalized spacial score (nSPS) is 34.2. The van der Waals surface area contributed by atoms with Crippen molar-refractivity contribution in [2.75, 3.05) is 13.1 Å². The quantitative estimate of drug-likeness (QED) is 0.663. The van der Waals surface area contributed by atoms with Gasteiger partial charge in [-0.3, -0.25) is 0 Å². The van der Waals surface area contributed by atoms with E-state index in [9.17, 15) is 0 Å². The zero-order valence-electron chi connectivity index (χ0n) is 7.91. The topological polar surface area (TPSA) is 21.3 Å². The maximum absolute atomic E-state index is 5.91. The van der Waals surface area contributed by atoms with Crippen molar-refractivity contribution in [3.05, 3.63) is 24.8 Å². The Morgan fingerprint density at radius 2 is 2.31 bits per heavy atom. The second kappa shape index (κ2) is 4.07. The fraction of sp³-hybridized carbons (Fsp3) is 0.636. The first kappa shape index (κ1) is 8.97. The van der Waals surface area contributed by atoms with Gasteiger partial charge < -0.3 is 10.1 Å². The van der Waals surface area contributed by atoms with E-state index in [1.807, 2.05) is 6.08 Å². The monoisotopic (exact) mass is 179 g/mol. The Labute approximate surface area is 79.7 Å². The Balaban J connectivity index is 1.89. The van der Waals surface area contributed by atoms with Crippen molar-refractivity contribution in [1.29, 1.82) is 0 Å². The molecule has 2 unspecified atom stereocenters. The lowest BCUT2D eigenvalue weighted by atomic mass is 9.91. The number of hydrogen-bond acceptors (Lipinski definition) is 2. The summed E-state index contributed by atoms with van der Waals surface area (Å²) >= 11 is 0. The van der Waals surface area contributed by atoms with Gasteiger partial charge in [0.2, 0.25) is 0 Å². The minimum Gasteiger partial charge on any atom is -0.368 e. The van der Waals surface area contributed by atoms with Gasteiger partial charge in [-0.05, 0) is 12.8 Å². The molecule has 0 bridgehead atoms. The molecule has 0 aromatic heterocycles. The van der Waals surface area contributed by atoms with Gasteiger partial charge in [-0.15, -0.1) is 6.58 Å². The predicted octanol–water partition coefficient (Wildman–Crippen LogP) is 1.50. The van der Waals surface area contributed by atoms with Crippen LogP contribution in [0.2, 0.25) is 0 Å². The SMILES string of the molecule is C=CC1CCC=CC1OC1CNC1. The fourth-order valence-corrected chi connectivity index (χ4v) is 1.80. The largest absolute Gasteiger partial charge is 0.368 e. The van der Waals surface area contributed by atoms with Gasteiger partial charge >= 0.3 is 0 Å². The van der Waals surface area contributed by atoms with Crippen LogP contribution in [0.15, 0.2) is 24.8 Å². The van der Waals surface area contributed by atoms with E-state index in [4.69, 9.17) is 4.74 Å². The van der Waals surface area contributed by atoms with Gasteiger partial charge in [0.25, 0.3) is 0 Å². The summed E-state index contributed by atoms with van der Waals surface area (Å²) in [5.74, 6) is 0.519. The summed E-state index contributed by atoms with van der Waals surface area (Å²) in [5, 5.41) is 3.21. The van der Waals surface area contributed by atoms with Gasteiger partial charge in [0.1, 0.15) is 0 Å². The molecule has 0 amide bonds. The first-order valence-corrected chi connectivity index (χ1v) is 5.05. The summed E-state index contributed by atoms with van der Waals surface area (Å²) in [7, 11) is 0. The molecule has 2 heteroatoms. The van der Waals surface area contributed by atoms with Gasteiger partial charge in [0.15, 0.2) is 0 Å². The summed E-state index contributed by atoms with van der Waals surface area (Å²) in [4.78, 5) is 0. The van der Waals surface area contributed by atoms with E-state index in [-0.39, 0.29) is 6.10 Å². The van der Waals surface area contributed by atoms with Gasteiger partial charge in [0, 0.05) is 19.0 Å². The lowest BCUT2D eigenvalue weighted by molar-refractivity contribution is -0.0353. The summed E-state index contributed by atoms with van der Waals surface area (Å²) in [6.45, 7) is 5.87. The number of ether oxygens (including phenoxy) is 1. The molecular weight excluding hydrogens is 162 g/mol. The molecule has 13 heavy (non-hydrogen) atoms. The fourth-order valence-electron chi connectivity index (χ4n) is 1.80. The average Bonchev–Trinajstić information content (AvgIpc) is 2.12. The maximum atomic E-state index is 5.91. The molecule has 0 aromatic carbocycles. The molecule has 0 saturated carbocycles. The van der Waals surface area contributed by atoms with Crippen molar-refractivity contribution in [3.63, 3.8) is 0 Å². The van der Waals surface area contributed by atoms with E-state index in [0.29, 0.717) is 12.0 Å². The molecule has 1 aliphatic carbocycles. The van der Waals surface area contributed by atoms with Crippen molar-refractivity contribution in [2.24, 2.45) is 5.92 Å². The molecule has 0 aromatic rings. The minimum absolute atomic E-state index is 0.276. The van der Waals surface area contributed by atoms with Crippen molar-refractivity contribution < 1.29 is 4.74 Å². The lowest BCUT2D eigenvalue weighted by Gasteiger charge is -2.34. The third-order valence-electron chi connectivity index (χ3n) is 2.81. The number of nitrogens with one attached hydrogen (secondary N) is 1. The van der Waals surface area contributed by atoms with E-state index >= 15 is 0 Å². The van der Waals surface area contributed by atoms with Crippen LogP contribution in [0.25, 0.3) is 0 Å². The van der Waals surface area contributed by atoms with Crippen molar-refractivity contribution >= 4 is 0 Å². The molecule has 72 valence electrons. The summed E-state index contributed by atoms with van der Waals surface area (Å²) in [6.07, 6.45) is 9.49. The minimum atomic E-state index is 0.276. The molecule has 2 nitrogen and oxygen atoms in total.